The van der Waals surface area contributed by atoms with E-state index in [1.807, 2.05) is 30.3 Å². The van der Waals surface area contributed by atoms with Crippen molar-refractivity contribution in [2.75, 3.05) is 7.11 Å². The highest BCUT2D eigenvalue weighted by Crippen LogP contribution is 2.62. The molecule has 0 aromatic heterocycles. The first-order valence-electron chi connectivity index (χ1n) is 7.69. The summed E-state index contributed by atoms with van der Waals surface area (Å²) >= 11 is 0. The van der Waals surface area contributed by atoms with Crippen LogP contribution in [0, 0.1) is 17.8 Å². The third-order valence-corrected chi connectivity index (χ3v) is 5.42. The molecule has 0 radical (unpaired) electrons. The van der Waals surface area contributed by atoms with E-state index in [4.69, 9.17) is 9.57 Å². The van der Waals surface area contributed by atoms with Gasteiger partial charge in [-0.05, 0) is 24.3 Å². The van der Waals surface area contributed by atoms with Crippen molar-refractivity contribution in [3.63, 3.8) is 0 Å². The maximum absolute atomic E-state index is 12.4. The van der Waals surface area contributed by atoms with Gasteiger partial charge in [-0.25, -0.2) is 4.79 Å². The van der Waals surface area contributed by atoms with Crippen molar-refractivity contribution in [2.24, 2.45) is 22.9 Å². The topological polar surface area (TPSA) is 47.9 Å². The number of ether oxygens (including phenoxy) is 1. The third-order valence-electron chi connectivity index (χ3n) is 5.42. The van der Waals surface area contributed by atoms with Crippen LogP contribution in [-0.4, -0.2) is 24.4 Å². The lowest BCUT2D eigenvalue weighted by Crippen LogP contribution is -2.68. The SMILES string of the molecule is COC(=O)[C@]12ON=C(c3ccccc3)[C@H]1[C@H]1CCCC[C@H]12. The van der Waals surface area contributed by atoms with Gasteiger partial charge in [0.2, 0.25) is 5.60 Å². The Morgan fingerprint density at radius 3 is 2.81 bits per heavy atom. The number of hydrogen-bond donors (Lipinski definition) is 0. The monoisotopic (exact) mass is 285 g/mol. The summed E-state index contributed by atoms with van der Waals surface area (Å²) in [4.78, 5) is 18.2. The lowest BCUT2D eigenvalue weighted by atomic mass is 9.47. The van der Waals surface area contributed by atoms with Crippen molar-refractivity contribution in [3.8, 4) is 0 Å². The van der Waals surface area contributed by atoms with E-state index >= 15 is 0 Å². The fourth-order valence-electron chi connectivity index (χ4n) is 4.55. The zero-order chi connectivity index (χ0) is 14.4. The second-order valence-electron chi connectivity index (χ2n) is 6.25. The number of benzene rings is 1. The standard InChI is InChI=1S/C17H19NO3/c1-20-16(19)17-13-10-6-5-9-12(13)14(17)15(18-21-17)11-7-3-2-4-8-11/h2-4,7-8,12-14H,5-6,9-10H2,1H3/t12-,13+,14+,17+/m0/s1. The van der Waals surface area contributed by atoms with Gasteiger partial charge in [-0.15, -0.1) is 0 Å². The molecule has 0 unspecified atom stereocenters. The van der Waals surface area contributed by atoms with E-state index < -0.39 is 5.60 Å². The molecular weight excluding hydrogens is 266 g/mol. The molecule has 0 N–H and O–H groups in total. The Kier molecular flexibility index (Phi) is 2.81. The van der Waals surface area contributed by atoms with E-state index in [9.17, 15) is 4.79 Å². The number of oxime groups is 1. The fourth-order valence-corrected chi connectivity index (χ4v) is 4.55. The Hall–Kier alpha value is -1.84. The van der Waals surface area contributed by atoms with E-state index in [0.717, 1.165) is 30.5 Å². The lowest BCUT2D eigenvalue weighted by molar-refractivity contribution is -0.222. The smallest absolute Gasteiger partial charge is 0.354 e. The molecule has 4 heteroatoms. The number of carbonyl (C=O) groups is 1. The van der Waals surface area contributed by atoms with Crippen LogP contribution in [0.5, 0.6) is 0 Å². The Morgan fingerprint density at radius 2 is 2.05 bits per heavy atom. The molecule has 4 rings (SSSR count). The van der Waals surface area contributed by atoms with E-state index in [1.165, 1.54) is 13.5 Å². The molecule has 0 bridgehead atoms. The fraction of sp³-hybridized carbons (Fsp3) is 0.529. The van der Waals surface area contributed by atoms with Crippen LogP contribution in [0.4, 0.5) is 0 Å². The van der Waals surface area contributed by atoms with Crippen LogP contribution >= 0.6 is 0 Å². The maximum Gasteiger partial charge on any atom is 0.354 e. The molecule has 0 saturated heterocycles. The third kappa shape index (κ3) is 1.56. The highest BCUT2D eigenvalue weighted by atomic mass is 16.7. The van der Waals surface area contributed by atoms with Gasteiger partial charge in [-0.3, -0.25) is 0 Å². The number of methoxy groups -OCH3 is 1. The lowest BCUT2D eigenvalue weighted by Gasteiger charge is -2.55. The molecule has 0 spiro atoms. The summed E-state index contributed by atoms with van der Waals surface area (Å²) in [6.07, 6.45) is 4.59. The summed E-state index contributed by atoms with van der Waals surface area (Å²) in [6.45, 7) is 0. The molecule has 3 aliphatic rings. The van der Waals surface area contributed by atoms with E-state index in [-0.39, 0.29) is 17.8 Å². The molecule has 1 heterocycles. The number of esters is 1. The predicted molar refractivity (Wildman–Crippen MR) is 77.7 cm³/mol. The minimum absolute atomic E-state index is 0.0534. The van der Waals surface area contributed by atoms with E-state index in [0.29, 0.717) is 5.92 Å². The average molecular weight is 285 g/mol. The number of fused-ring (bicyclic) bond motifs is 4. The number of nitrogens with zero attached hydrogens (tertiary/aromatic N) is 1. The van der Waals surface area contributed by atoms with Gasteiger partial charge in [-0.1, -0.05) is 48.3 Å². The van der Waals surface area contributed by atoms with Crippen molar-refractivity contribution < 1.29 is 14.4 Å². The Morgan fingerprint density at radius 1 is 1.29 bits per heavy atom. The van der Waals surface area contributed by atoms with Gasteiger partial charge in [0.05, 0.1) is 18.7 Å². The van der Waals surface area contributed by atoms with Gasteiger partial charge >= 0.3 is 5.97 Å². The molecule has 2 fully saturated rings. The van der Waals surface area contributed by atoms with Crippen LogP contribution < -0.4 is 0 Å². The summed E-state index contributed by atoms with van der Waals surface area (Å²) in [7, 11) is 1.44. The summed E-state index contributed by atoms with van der Waals surface area (Å²) < 4.78 is 5.05. The summed E-state index contributed by atoms with van der Waals surface area (Å²) in [6, 6.07) is 10.0. The van der Waals surface area contributed by atoms with Crippen molar-refractivity contribution in [2.45, 2.75) is 31.3 Å². The highest BCUT2D eigenvalue weighted by Gasteiger charge is 2.73. The molecule has 21 heavy (non-hydrogen) atoms. The van der Waals surface area contributed by atoms with Crippen molar-refractivity contribution >= 4 is 11.7 Å². The van der Waals surface area contributed by atoms with Gasteiger partial charge in [0, 0.05) is 5.92 Å². The molecule has 4 nitrogen and oxygen atoms in total. The number of carbonyl (C=O) groups excluding carboxylic acids is 1. The van der Waals surface area contributed by atoms with Gasteiger partial charge in [0.1, 0.15) is 0 Å². The predicted octanol–water partition coefficient (Wildman–Crippen LogP) is 2.77. The van der Waals surface area contributed by atoms with E-state index in [1.54, 1.807) is 0 Å². The second-order valence-corrected chi connectivity index (χ2v) is 6.25. The minimum atomic E-state index is -0.856. The van der Waals surface area contributed by atoms with Gasteiger partial charge in [0.15, 0.2) is 0 Å². The first-order valence-corrected chi connectivity index (χ1v) is 7.69. The van der Waals surface area contributed by atoms with E-state index in [2.05, 4.69) is 5.16 Å². The summed E-state index contributed by atoms with van der Waals surface area (Å²) in [5.41, 5.74) is 1.12. The molecule has 0 amide bonds. The molecule has 2 saturated carbocycles. The highest BCUT2D eigenvalue weighted by molar-refractivity contribution is 6.08. The molecule has 110 valence electrons. The largest absolute Gasteiger partial charge is 0.466 e. The zero-order valence-electron chi connectivity index (χ0n) is 12.1. The zero-order valence-corrected chi connectivity index (χ0v) is 12.1. The maximum atomic E-state index is 12.4. The quantitative estimate of drug-likeness (QED) is 0.785. The van der Waals surface area contributed by atoms with Crippen LogP contribution in [0.15, 0.2) is 35.5 Å². The summed E-state index contributed by atoms with van der Waals surface area (Å²) in [5, 5.41) is 4.31. The van der Waals surface area contributed by atoms with Crippen molar-refractivity contribution in [1.82, 2.24) is 0 Å². The first-order chi connectivity index (χ1) is 10.3. The Bertz CT molecular complexity index is 597. The molecule has 1 aromatic rings. The van der Waals surface area contributed by atoms with Crippen molar-refractivity contribution in [1.29, 1.82) is 0 Å². The first kappa shape index (κ1) is 12.9. The van der Waals surface area contributed by atoms with Crippen LogP contribution in [0.3, 0.4) is 0 Å². The number of hydrogen-bond acceptors (Lipinski definition) is 4. The van der Waals surface area contributed by atoms with Gasteiger partial charge < -0.3 is 9.57 Å². The molecule has 4 atom stereocenters. The van der Waals surface area contributed by atoms with Gasteiger partial charge in [0.25, 0.3) is 0 Å². The number of rotatable bonds is 2. The van der Waals surface area contributed by atoms with Crippen LogP contribution in [0.1, 0.15) is 31.2 Å². The summed E-state index contributed by atoms with van der Waals surface area (Å²) in [5.74, 6) is 0.552. The van der Waals surface area contributed by atoms with Crippen LogP contribution in [0.2, 0.25) is 0 Å². The Labute approximate surface area is 124 Å². The van der Waals surface area contributed by atoms with Crippen LogP contribution in [0.25, 0.3) is 0 Å². The normalized spacial score (nSPS) is 36.6. The van der Waals surface area contributed by atoms with Crippen LogP contribution in [-0.2, 0) is 14.4 Å². The average Bonchev–Trinajstić information content (AvgIpc) is 2.89. The van der Waals surface area contributed by atoms with Gasteiger partial charge in [-0.2, -0.15) is 0 Å². The Balaban J connectivity index is 1.73. The second kappa shape index (κ2) is 4.58. The molecule has 1 aromatic carbocycles. The molecular formula is C17H19NO3. The molecule has 1 aliphatic heterocycles. The molecule has 2 aliphatic carbocycles. The minimum Gasteiger partial charge on any atom is -0.466 e. The van der Waals surface area contributed by atoms with Crippen molar-refractivity contribution in [3.05, 3.63) is 35.9 Å².